The molecule has 3 rings (SSSR count). The highest BCUT2D eigenvalue weighted by Gasteiger charge is 2.22. The Morgan fingerprint density at radius 3 is 2.88 bits per heavy atom. The van der Waals surface area contributed by atoms with E-state index in [9.17, 15) is 4.79 Å². The summed E-state index contributed by atoms with van der Waals surface area (Å²) in [5.74, 6) is 1.79. The van der Waals surface area contributed by atoms with E-state index in [-0.39, 0.29) is 11.8 Å². The van der Waals surface area contributed by atoms with Gasteiger partial charge in [-0.1, -0.05) is 18.2 Å². The van der Waals surface area contributed by atoms with Crippen LogP contribution in [0.25, 0.3) is 0 Å². The predicted octanol–water partition coefficient (Wildman–Crippen LogP) is 2.11. The van der Waals surface area contributed by atoms with E-state index in [1.54, 1.807) is 13.3 Å². The van der Waals surface area contributed by atoms with Crippen LogP contribution in [0.2, 0.25) is 0 Å². The SMILES string of the molecule is COc1ccccc1Oc1ncccc1CNC(=O)[C@@H]1CCNC1. The normalized spacial score (nSPS) is 16.6. The van der Waals surface area contributed by atoms with Crippen molar-refractivity contribution >= 4 is 5.91 Å². The molecule has 1 atom stereocenters. The highest BCUT2D eigenvalue weighted by atomic mass is 16.5. The number of ether oxygens (including phenoxy) is 2. The van der Waals surface area contributed by atoms with Crippen molar-refractivity contribution in [2.75, 3.05) is 20.2 Å². The highest BCUT2D eigenvalue weighted by Crippen LogP contribution is 2.31. The average Bonchev–Trinajstić information content (AvgIpc) is 3.16. The van der Waals surface area contributed by atoms with Gasteiger partial charge >= 0.3 is 0 Å². The first-order chi connectivity index (χ1) is 11.8. The summed E-state index contributed by atoms with van der Waals surface area (Å²) in [4.78, 5) is 16.4. The van der Waals surface area contributed by atoms with Crippen molar-refractivity contribution in [3.05, 3.63) is 48.2 Å². The molecule has 0 bridgehead atoms. The molecule has 0 saturated carbocycles. The second-order valence-corrected chi connectivity index (χ2v) is 5.63. The molecule has 6 heteroatoms. The summed E-state index contributed by atoms with van der Waals surface area (Å²) in [5.41, 5.74) is 0.822. The summed E-state index contributed by atoms with van der Waals surface area (Å²) in [6.45, 7) is 2.02. The number of para-hydroxylation sites is 2. The van der Waals surface area contributed by atoms with E-state index >= 15 is 0 Å². The van der Waals surface area contributed by atoms with Crippen LogP contribution in [0, 0.1) is 5.92 Å². The van der Waals surface area contributed by atoms with Crippen molar-refractivity contribution in [3.63, 3.8) is 0 Å². The molecule has 2 heterocycles. The predicted molar refractivity (Wildman–Crippen MR) is 90.1 cm³/mol. The van der Waals surface area contributed by atoms with E-state index in [2.05, 4.69) is 15.6 Å². The highest BCUT2D eigenvalue weighted by molar-refractivity contribution is 5.79. The molecule has 6 nitrogen and oxygen atoms in total. The maximum absolute atomic E-state index is 12.2. The number of hydrogen-bond donors (Lipinski definition) is 2. The van der Waals surface area contributed by atoms with Gasteiger partial charge in [0.05, 0.1) is 13.0 Å². The fourth-order valence-electron chi connectivity index (χ4n) is 2.66. The van der Waals surface area contributed by atoms with Gasteiger partial charge in [-0.2, -0.15) is 0 Å². The summed E-state index contributed by atoms with van der Waals surface area (Å²) in [5, 5.41) is 6.16. The van der Waals surface area contributed by atoms with Crippen LogP contribution in [0.1, 0.15) is 12.0 Å². The van der Waals surface area contributed by atoms with Crippen molar-refractivity contribution in [1.29, 1.82) is 0 Å². The topological polar surface area (TPSA) is 72.5 Å². The molecule has 1 fully saturated rings. The fraction of sp³-hybridized carbons (Fsp3) is 0.333. The maximum atomic E-state index is 12.2. The van der Waals surface area contributed by atoms with E-state index < -0.39 is 0 Å². The first-order valence-electron chi connectivity index (χ1n) is 8.01. The number of rotatable bonds is 6. The quantitative estimate of drug-likeness (QED) is 0.850. The molecule has 1 aliphatic heterocycles. The van der Waals surface area contributed by atoms with Crippen LogP contribution >= 0.6 is 0 Å². The lowest BCUT2D eigenvalue weighted by Gasteiger charge is -2.14. The number of benzene rings is 1. The van der Waals surface area contributed by atoms with E-state index in [1.165, 1.54) is 0 Å². The lowest BCUT2D eigenvalue weighted by Crippen LogP contribution is -2.31. The Hall–Kier alpha value is -2.60. The zero-order chi connectivity index (χ0) is 16.8. The number of carbonyl (C=O) groups is 1. The number of carbonyl (C=O) groups excluding carboxylic acids is 1. The molecule has 0 unspecified atom stereocenters. The van der Waals surface area contributed by atoms with E-state index in [1.807, 2.05) is 36.4 Å². The third-order valence-corrected chi connectivity index (χ3v) is 4.01. The summed E-state index contributed by atoms with van der Waals surface area (Å²) < 4.78 is 11.2. The summed E-state index contributed by atoms with van der Waals surface area (Å²) in [6, 6.07) is 11.1. The zero-order valence-corrected chi connectivity index (χ0v) is 13.6. The molecule has 2 aromatic rings. The monoisotopic (exact) mass is 327 g/mol. The standard InChI is InChI=1S/C18H21N3O3/c1-23-15-6-2-3-7-16(15)24-18-14(5-4-9-20-18)12-21-17(22)13-8-10-19-11-13/h2-7,9,13,19H,8,10-12H2,1H3,(H,21,22)/t13-/m1/s1. The van der Waals surface area contributed by atoms with Crippen LogP contribution in [0.5, 0.6) is 17.4 Å². The molecule has 1 aromatic carbocycles. The second kappa shape index (κ2) is 7.79. The first kappa shape index (κ1) is 16.3. The van der Waals surface area contributed by atoms with Gasteiger partial charge in [0, 0.05) is 24.8 Å². The Morgan fingerprint density at radius 1 is 1.29 bits per heavy atom. The van der Waals surface area contributed by atoms with Gasteiger partial charge in [0.25, 0.3) is 0 Å². The van der Waals surface area contributed by atoms with Gasteiger partial charge in [-0.3, -0.25) is 4.79 Å². The molecule has 126 valence electrons. The van der Waals surface area contributed by atoms with E-state index in [0.717, 1.165) is 25.1 Å². The number of aromatic nitrogens is 1. The largest absolute Gasteiger partial charge is 0.493 e. The number of nitrogens with one attached hydrogen (secondary N) is 2. The van der Waals surface area contributed by atoms with Gasteiger partial charge < -0.3 is 20.1 Å². The Kier molecular flexibility index (Phi) is 5.28. The van der Waals surface area contributed by atoms with Crippen LogP contribution < -0.4 is 20.1 Å². The molecule has 2 N–H and O–H groups in total. The Bertz CT molecular complexity index is 699. The van der Waals surface area contributed by atoms with Gasteiger partial charge in [-0.05, 0) is 31.2 Å². The third-order valence-electron chi connectivity index (χ3n) is 4.01. The number of amides is 1. The van der Waals surface area contributed by atoms with Crippen molar-refractivity contribution in [3.8, 4) is 17.4 Å². The second-order valence-electron chi connectivity index (χ2n) is 5.63. The smallest absolute Gasteiger partial charge is 0.224 e. The summed E-state index contributed by atoms with van der Waals surface area (Å²) in [6.07, 6.45) is 2.54. The van der Waals surface area contributed by atoms with Gasteiger partial charge in [0.15, 0.2) is 11.5 Å². The molecule has 24 heavy (non-hydrogen) atoms. The first-order valence-corrected chi connectivity index (χ1v) is 8.01. The Morgan fingerprint density at radius 2 is 2.12 bits per heavy atom. The van der Waals surface area contributed by atoms with Gasteiger partial charge in [-0.25, -0.2) is 4.98 Å². The van der Waals surface area contributed by atoms with Crippen molar-refractivity contribution in [1.82, 2.24) is 15.6 Å². The minimum absolute atomic E-state index is 0.0419. The maximum Gasteiger partial charge on any atom is 0.224 e. The van der Waals surface area contributed by atoms with E-state index in [0.29, 0.717) is 23.9 Å². The number of nitrogens with zero attached hydrogens (tertiary/aromatic N) is 1. The van der Waals surface area contributed by atoms with Crippen LogP contribution in [0.15, 0.2) is 42.6 Å². The molecule has 0 radical (unpaired) electrons. The molecule has 1 aliphatic rings. The molecule has 0 aliphatic carbocycles. The van der Waals surface area contributed by atoms with Crippen molar-refractivity contribution in [2.24, 2.45) is 5.92 Å². The molecular weight excluding hydrogens is 306 g/mol. The van der Waals surface area contributed by atoms with Gasteiger partial charge in [0.2, 0.25) is 11.8 Å². The molecule has 1 aromatic heterocycles. The van der Waals surface area contributed by atoms with Crippen LogP contribution in [0.3, 0.4) is 0 Å². The fourth-order valence-corrected chi connectivity index (χ4v) is 2.66. The van der Waals surface area contributed by atoms with Crippen LogP contribution in [-0.2, 0) is 11.3 Å². The van der Waals surface area contributed by atoms with Gasteiger partial charge in [-0.15, -0.1) is 0 Å². The minimum Gasteiger partial charge on any atom is -0.493 e. The lowest BCUT2D eigenvalue weighted by molar-refractivity contribution is -0.124. The molecular formula is C18H21N3O3. The van der Waals surface area contributed by atoms with Crippen LogP contribution in [0.4, 0.5) is 0 Å². The molecule has 1 amide bonds. The molecule has 1 saturated heterocycles. The number of hydrogen-bond acceptors (Lipinski definition) is 5. The summed E-state index contributed by atoms with van der Waals surface area (Å²) in [7, 11) is 1.59. The third kappa shape index (κ3) is 3.83. The van der Waals surface area contributed by atoms with Crippen molar-refractivity contribution < 1.29 is 14.3 Å². The van der Waals surface area contributed by atoms with Crippen LogP contribution in [-0.4, -0.2) is 31.1 Å². The lowest BCUT2D eigenvalue weighted by atomic mass is 10.1. The zero-order valence-electron chi connectivity index (χ0n) is 13.6. The van der Waals surface area contributed by atoms with E-state index in [4.69, 9.17) is 9.47 Å². The number of pyridine rings is 1. The Balaban J connectivity index is 1.69. The minimum atomic E-state index is 0.0419. The average molecular weight is 327 g/mol. The van der Waals surface area contributed by atoms with Gasteiger partial charge in [0.1, 0.15) is 0 Å². The summed E-state index contributed by atoms with van der Waals surface area (Å²) >= 11 is 0. The van der Waals surface area contributed by atoms with Crippen molar-refractivity contribution in [2.45, 2.75) is 13.0 Å². The number of methoxy groups -OCH3 is 1. The molecule has 0 spiro atoms. The Labute approximate surface area is 141 Å².